The molecular weight excluding hydrogens is 326 g/mol. The van der Waals surface area contributed by atoms with Gasteiger partial charge in [0.1, 0.15) is 12.4 Å². The summed E-state index contributed by atoms with van der Waals surface area (Å²) in [5.41, 5.74) is 10.2. The maximum Gasteiger partial charge on any atom is 0.123 e. The van der Waals surface area contributed by atoms with E-state index < -0.39 is 0 Å². The molecule has 0 aromatic heterocycles. The lowest BCUT2D eigenvalue weighted by atomic mass is 9.85. The molecule has 0 saturated heterocycles. The number of nitrogens with two attached hydrogens (primary N) is 1. The van der Waals surface area contributed by atoms with Crippen LogP contribution in [0.5, 0.6) is 5.75 Å². The number of hydrogen-bond donors (Lipinski definition) is 1. The minimum absolute atomic E-state index is 0.0499. The molecule has 0 aliphatic heterocycles. The number of ether oxygens (including phenoxy) is 1. The fourth-order valence-corrected chi connectivity index (χ4v) is 2.60. The molecule has 2 N–H and O–H groups in total. The summed E-state index contributed by atoms with van der Waals surface area (Å²) < 4.78 is 6.97. The molecule has 0 aliphatic carbocycles. The molecule has 0 saturated carbocycles. The van der Waals surface area contributed by atoms with Crippen LogP contribution >= 0.6 is 15.9 Å². The van der Waals surface area contributed by atoms with Crippen molar-refractivity contribution < 1.29 is 4.74 Å². The first-order chi connectivity index (χ1) is 9.79. The van der Waals surface area contributed by atoms with Crippen molar-refractivity contribution in [2.75, 3.05) is 5.73 Å². The highest BCUT2D eigenvalue weighted by atomic mass is 79.9. The Labute approximate surface area is 135 Å². The van der Waals surface area contributed by atoms with Crippen LogP contribution in [-0.4, -0.2) is 0 Å². The quantitative estimate of drug-likeness (QED) is 0.772. The van der Waals surface area contributed by atoms with Crippen LogP contribution in [0.1, 0.15) is 37.5 Å². The van der Waals surface area contributed by atoms with E-state index in [9.17, 15) is 0 Å². The molecule has 0 bridgehead atoms. The monoisotopic (exact) mass is 347 g/mol. The molecule has 0 atom stereocenters. The molecule has 0 heterocycles. The Bertz CT molecular complexity index is 644. The third-order valence-electron chi connectivity index (χ3n) is 3.43. The number of benzene rings is 2. The van der Waals surface area contributed by atoms with E-state index >= 15 is 0 Å². The first-order valence-electron chi connectivity index (χ1n) is 7.06. The van der Waals surface area contributed by atoms with Gasteiger partial charge in [-0.3, -0.25) is 0 Å². The average Bonchev–Trinajstić information content (AvgIpc) is 2.40. The number of nitrogen functional groups attached to an aromatic ring is 1. The Kier molecular flexibility index (Phi) is 4.62. The summed E-state index contributed by atoms with van der Waals surface area (Å²) in [7, 11) is 0. The highest BCUT2D eigenvalue weighted by molar-refractivity contribution is 9.10. The fourth-order valence-electron chi connectivity index (χ4n) is 2.22. The smallest absolute Gasteiger partial charge is 0.123 e. The van der Waals surface area contributed by atoms with Crippen LogP contribution in [0.3, 0.4) is 0 Å². The molecule has 2 aromatic carbocycles. The maximum atomic E-state index is 6.05. The van der Waals surface area contributed by atoms with Crippen molar-refractivity contribution in [1.82, 2.24) is 0 Å². The van der Waals surface area contributed by atoms with Crippen LogP contribution < -0.4 is 10.5 Å². The minimum atomic E-state index is 0.0499. The van der Waals surface area contributed by atoms with Gasteiger partial charge in [-0.05, 0) is 46.0 Å². The van der Waals surface area contributed by atoms with Crippen molar-refractivity contribution in [2.24, 2.45) is 0 Å². The average molecular weight is 348 g/mol. The van der Waals surface area contributed by atoms with Crippen LogP contribution in [-0.2, 0) is 12.0 Å². The van der Waals surface area contributed by atoms with Gasteiger partial charge in [0.2, 0.25) is 0 Å². The van der Waals surface area contributed by atoms with E-state index in [1.54, 1.807) is 0 Å². The van der Waals surface area contributed by atoms with Crippen LogP contribution in [0.15, 0.2) is 40.9 Å². The number of rotatable bonds is 3. The first kappa shape index (κ1) is 15.9. The SMILES string of the molecule is Cc1ccc(OCc2cccc(N)c2Br)c(C(C)(C)C)c1. The van der Waals surface area contributed by atoms with Crippen LogP contribution in [0, 0.1) is 6.92 Å². The Balaban J connectivity index is 2.26. The van der Waals surface area contributed by atoms with E-state index in [0.717, 1.165) is 21.5 Å². The number of hydrogen-bond acceptors (Lipinski definition) is 2. The van der Waals surface area contributed by atoms with Gasteiger partial charge in [0.25, 0.3) is 0 Å². The van der Waals surface area contributed by atoms with E-state index in [1.165, 1.54) is 11.1 Å². The van der Waals surface area contributed by atoms with Crippen LogP contribution in [0.2, 0.25) is 0 Å². The Morgan fingerprint density at radius 2 is 1.86 bits per heavy atom. The molecule has 0 fully saturated rings. The van der Waals surface area contributed by atoms with Crippen molar-refractivity contribution in [3.8, 4) is 5.75 Å². The number of halogens is 1. The summed E-state index contributed by atoms with van der Waals surface area (Å²) in [5, 5.41) is 0. The Morgan fingerprint density at radius 1 is 1.14 bits per heavy atom. The molecule has 21 heavy (non-hydrogen) atoms. The molecule has 0 spiro atoms. The topological polar surface area (TPSA) is 35.2 Å². The molecule has 0 unspecified atom stereocenters. The minimum Gasteiger partial charge on any atom is -0.489 e. The van der Waals surface area contributed by atoms with Crippen molar-refractivity contribution in [2.45, 2.75) is 39.7 Å². The zero-order valence-corrected chi connectivity index (χ0v) is 14.6. The molecule has 0 amide bonds. The summed E-state index contributed by atoms with van der Waals surface area (Å²) in [4.78, 5) is 0. The van der Waals surface area contributed by atoms with E-state index in [2.05, 4.69) is 61.8 Å². The number of aryl methyl sites for hydroxylation is 1. The third kappa shape index (κ3) is 3.79. The molecular formula is C18H22BrNO. The number of anilines is 1. The zero-order chi connectivity index (χ0) is 15.6. The van der Waals surface area contributed by atoms with E-state index in [4.69, 9.17) is 10.5 Å². The van der Waals surface area contributed by atoms with Gasteiger partial charge in [-0.2, -0.15) is 0 Å². The largest absolute Gasteiger partial charge is 0.489 e. The lowest BCUT2D eigenvalue weighted by Gasteiger charge is -2.23. The van der Waals surface area contributed by atoms with Crippen LogP contribution in [0.25, 0.3) is 0 Å². The first-order valence-corrected chi connectivity index (χ1v) is 7.85. The van der Waals surface area contributed by atoms with Gasteiger partial charge in [0.05, 0.1) is 0 Å². The van der Waals surface area contributed by atoms with E-state index in [0.29, 0.717) is 6.61 Å². The normalized spacial score (nSPS) is 11.5. The van der Waals surface area contributed by atoms with Gasteiger partial charge in [-0.1, -0.05) is 50.6 Å². The lowest BCUT2D eigenvalue weighted by Crippen LogP contribution is -2.14. The highest BCUT2D eigenvalue weighted by Crippen LogP contribution is 2.33. The second-order valence-electron chi connectivity index (χ2n) is 6.36. The molecule has 2 nitrogen and oxygen atoms in total. The van der Waals surface area contributed by atoms with Crippen molar-refractivity contribution >= 4 is 21.6 Å². The van der Waals surface area contributed by atoms with Gasteiger partial charge in [-0.25, -0.2) is 0 Å². The second kappa shape index (κ2) is 6.10. The molecule has 2 aromatic rings. The molecule has 112 valence electrons. The lowest BCUT2D eigenvalue weighted by molar-refractivity contribution is 0.297. The zero-order valence-electron chi connectivity index (χ0n) is 13.0. The van der Waals surface area contributed by atoms with Gasteiger partial charge in [0.15, 0.2) is 0 Å². The highest BCUT2D eigenvalue weighted by Gasteiger charge is 2.19. The van der Waals surface area contributed by atoms with Crippen molar-refractivity contribution in [1.29, 1.82) is 0 Å². The standard InChI is InChI=1S/C18H22BrNO/c1-12-8-9-16(14(10-12)18(2,3)4)21-11-13-6-5-7-15(20)17(13)19/h5-10H,11,20H2,1-4H3. The Morgan fingerprint density at radius 3 is 2.52 bits per heavy atom. The van der Waals surface area contributed by atoms with E-state index in [-0.39, 0.29) is 5.41 Å². The van der Waals surface area contributed by atoms with Gasteiger partial charge < -0.3 is 10.5 Å². The predicted octanol–water partition coefficient (Wildman–Crippen LogP) is 5.22. The van der Waals surface area contributed by atoms with Gasteiger partial charge >= 0.3 is 0 Å². The fraction of sp³-hybridized carbons (Fsp3) is 0.333. The maximum absolute atomic E-state index is 6.05. The molecule has 3 heteroatoms. The summed E-state index contributed by atoms with van der Waals surface area (Å²) in [6, 6.07) is 12.2. The summed E-state index contributed by atoms with van der Waals surface area (Å²) in [6.07, 6.45) is 0. The predicted molar refractivity (Wildman–Crippen MR) is 92.8 cm³/mol. The van der Waals surface area contributed by atoms with Crippen molar-refractivity contribution in [3.63, 3.8) is 0 Å². The second-order valence-corrected chi connectivity index (χ2v) is 7.15. The summed E-state index contributed by atoms with van der Waals surface area (Å²) in [6.45, 7) is 9.20. The Hall–Kier alpha value is -1.48. The molecule has 0 radical (unpaired) electrons. The van der Waals surface area contributed by atoms with Gasteiger partial charge in [0, 0.05) is 15.7 Å². The summed E-state index contributed by atoms with van der Waals surface area (Å²) in [5.74, 6) is 0.933. The van der Waals surface area contributed by atoms with Crippen LogP contribution in [0.4, 0.5) is 5.69 Å². The summed E-state index contributed by atoms with van der Waals surface area (Å²) >= 11 is 3.52. The van der Waals surface area contributed by atoms with Gasteiger partial charge in [-0.15, -0.1) is 0 Å². The third-order valence-corrected chi connectivity index (χ3v) is 4.40. The van der Waals surface area contributed by atoms with Crippen molar-refractivity contribution in [3.05, 3.63) is 57.6 Å². The molecule has 2 rings (SSSR count). The van der Waals surface area contributed by atoms with E-state index in [1.807, 2.05) is 18.2 Å². The molecule has 0 aliphatic rings.